The second kappa shape index (κ2) is 6.36. The molecule has 24 heavy (non-hydrogen) atoms. The number of halogens is 3. The summed E-state index contributed by atoms with van der Waals surface area (Å²) in [6.45, 7) is 1.47. The van der Waals surface area contributed by atoms with Crippen molar-refractivity contribution in [1.29, 1.82) is 0 Å². The molecular formula is C18H19F3N2O. The van der Waals surface area contributed by atoms with Crippen LogP contribution in [0.3, 0.4) is 0 Å². The van der Waals surface area contributed by atoms with E-state index in [0.29, 0.717) is 23.7 Å². The second-order valence-electron chi connectivity index (χ2n) is 6.06. The first-order valence-corrected chi connectivity index (χ1v) is 7.76. The predicted molar refractivity (Wildman–Crippen MR) is 88.1 cm³/mol. The average molecular weight is 336 g/mol. The van der Waals surface area contributed by atoms with Gasteiger partial charge in [0.25, 0.3) is 0 Å². The molecule has 0 aliphatic carbocycles. The molecule has 3 nitrogen and oxygen atoms in total. The van der Waals surface area contributed by atoms with E-state index in [2.05, 4.69) is 4.90 Å². The quantitative estimate of drug-likeness (QED) is 0.790. The van der Waals surface area contributed by atoms with E-state index in [9.17, 15) is 13.2 Å². The van der Waals surface area contributed by atoms with E-state index in [1.165, 1.54) is 12.1 Å². The summed E-state index contributed by atoms with van der Waals surface area (Å²) < 4.78 is 45.0. The smallest absolute Gasteiger partial charge is 0.416 e. The maximum absolute atomic E-state index is 13.1. The number of alkyl halides is 3. The third-order valence-electron chi connectivity index (χ3n) is 3.94. The minimum absolute atomic E-state index is 0.451. The molecule has 2 aromatic carbocycles. The van der Waals surface area contributed by atoms with Gasteiger partial charge in [-0.1, -0.05) is 12.1 Å². The Kier molecular flexibility index (Phi) is 4.41. The minimum atomic E-state index is -4.37. The lowest BCUT2D eigenvalue weighted by Crippen LogP contribution is -2.26. The van der Waals surface area contributed by atoms with Crippen molar-refractivity contribution in [3.05, 3.63) is 48.0 Å². The van der Waals surface area contributed by atoms with Gasteiger partial charge in [-0.05, 0) is 57.4 Å². The van der Waals surface area contributed by atoms with E-state index < -0.39 is 11.7 Å². The first-order valence-electron chi connectivity index (χ1n) is 7.76. The summed E-state index contributed by atoms with van der Waals surface area (Å²) in [5.41, 5.74) is 0.590. The lowest BCUT2D eigenvalue weighted by Gasteiger charge is -2.33. The molecule has 2 aromatic rings. The Hall–Kier alpha value is -2.21. The van der Waals surface area contributed by atoms with Crippen LogP contribution in [-0.2, 0) is 6.18 Å². The van der Waals surface area contributed by atoms with E-state index in [0.717, 1.165) is 24.7 Å². The fourth-order valence-corrected chi connectivity index (χ4v) is 2.79. The van der Waals surface area contributed by atoms with Crippen molar-refractivity contribution in [3.8, 4) is 11.5 Å². The van der Waals surface area contributed by atoms with Crippen molar-refractivity contribution in [2.45, 2.75) is 12.6 Å². The molecule has 0 unspecified atom stereocenters. The fourth-order valence-electron chi connectivity index (χ4n) is 2.79. The number of ether oxygens (including phenoxy) is 1. The molecule has 0 N–H and O–H groups in total. The third-order valence-corrected chi connectivity index (χ3v) is 3.94. The van der Waals surface area contributed by atoms with Gasteiger partial charge in [0.2, 0.25) is 0 Å². The number of benzene rings is 2. The van der Waals surface area contributed by atoms with Gasteiger partial charge in [0.1, 0.15) is 0 Å². The Morgan fingerprint density at radius 2 is 1.71 bits per heavy atom. The molecule has 1 heterocycles. The van der Waals surface area contributed by atoms with Crippen molar-refractivity contribution in [2.24, 2.45) is 0 Å². The Morgan fingerprint density at radius 1 is 1.00 bits per heavy atom. The molecular weight excluding hydrogens is 317 g/mol. The summed E-state index contributed by atoms with van der Waals surface area (Å²) in [6.07, 6.45) is -3.54. The van der Waals surface area contributed by atoms with Gasteiger partial charge in [-0.2, -0.15) is 13.2 Å². The average Bonchev–Trinajstić information content (AvgIpc) is 2.52. The molecule has 6 heteroatoms. The van der Waals surface area contributed by atoms with E-state index in [1.54, 1.807) is 0 Å². The van der Waals surface area contributed by atoms with Crippen molar-refractivity contribution in [2.75, 3.05) is 32.1 Å². The van der Waals surface area contributed by atoms with E-state index in [1.807, 2.05) is 43.3 Å². The van der Waals surface area contributed by atoms with Crippen LogP contribution in [0.15, 0.2) is 42.5 Å². The molecule has 1 aliphatic heterocycles. The zero-order valence-electron chi connectivity index (χ0n) is 13.6. The molecule has 0 saturated carbocycles. The Bertz CT molecular complexity index is 728. The summed E-state index contributed by atoms with van der Waals surface area (Å²) in [5, 5.41) is 0. The highest BCUT2D eigenvalue weighted by molar-refractivity contribution is 5.78. The van der Waals surface area contributed by atoms with E-state index in [4.69, 9.17) is 4.74 Å². The van der Waals surface area contributed by atoms with Crippen LogP contribution >= 0.6 is 0 Å². The van der Waals surface area contributed by atoms with E-state index in [-0.39, 0.29) is 0 Å². The zero-order chi connectivity index (χ0) is 17.3. The first kappa shape index (κ1) is 16.6. The number of hydrogen-bond acceptors (Lipinski definition) is 3. The normalized spacial score (nSPS) is 13.5. The van der Waals surface area contributed by atoms with Gasteiger partial charge in [0.15, 0.2) is 11.5 Å². The lowest BCUT2D eigenvalue weighted by molar-refractivity contribution is -0.137. The SMILES string of the molecule is CN(C)CCCN1c2ccccc2Oc2ccc(C(F)(F)F)cc21. The molecule has 0 aromatic heterocycles. The van der Waals surface area contributed by atoms with Crippen LogP contribution in [0.2, 0.25) is 0 Å². The van der Waals surface area contributed by atoms with Gasteiger partial charge in [-0.3, -0.25) is 0 Å². The molecule has 128 valence electrons. The fraction of sp³-hybridized carbons (Fsp3) is 0.333. The predicted octanol–water partition coefficient (Wildman–Crippen LogP) is 4.90. The molecule has 0 bridgehead atoms. The number of anilines is 2. The number of fused-ring (bicyclic) bond motifs is 2. The van der Waals surface area contributed by atoms with Gasteiger partial charge in [-0.15, -0.1) is 0 Å². The van der Waals surface area contributed by atoms with Crippen LogP contribution in [0.1, 0.15) is 12.0 Å². The Morgan fingerprint density at radius 3 is 2.42 bits per heavy atom. The Balaban J connectivity index is 1.99. The maximum Gasteiger partial charge on any atom is 0.416 e. The molecule has 1 aliphatic rings. The highest BCUT2D eigenvalue weighted by Gasteiger charge is 2.33. The van der Waals surface area contributed by atoms with Crippen molar-refractivity contribution >= 4 is 11.4 Å². The zero-order valence-corrected chi connectivity index (χ0v) is 13.6. The highest BCUT2D eigenvalue weighted by Crippen LogP contribution is 2.48. The molecule has 0 fully saturated rings. The molecule has 0 radical (unpaired) electrons. The summed E-state index contributed by atoms with van der Waals surface area (Å²) in [5.74, 6) is 1.11. The maximum atomic E-state index is 13.1. The highest BCUT2D eigenvalue weighted by atomic mass is 19.4. The third kappa shape index (κ3) is 3.33. The van der Waals surface area contributed by atoms with Gasteiger partial charge in [0, 0.05) is 6.54 Å². The van der Waals surface area contributed by atoms with Crippen LogP contribution in [0, 0.1) is 0 Å². The van der Waals surface area contributed by atoms with Crippen LogP contribution in [0.5, 0.6) is 11.5 Å². The van der Waals surface area contributed by atoms with Crippen LogP contribution < -0.4 is 9.64 Å². The minimum Gasteiger partial charge on any atom is -0.453 e. The summed E-state index contributed by atoms with van der Waals surface area (Å²) in [4.78, 5) is 3.96. The molecule has 3 rings (SSSR count). The topological polar surface area (TPSA) is 15.7 Å². The first-order chi connectivity index (χ1) is 11.4. The summed E-state index contributed by atoms with van der Waals surface area (Å²) in [6, 6.07) is 11.0. The number of nitrogens with zero attached hydrogens (tertiary/aromatic N) is 2. The second-order valence-corrected chi connectivity index (χ2v) is 6.06. The van der Waals surface area contributed by atoms with Crippen LogP contribution in [0.4, 0.5) is 24.5 Å². The monoisotopic (exact) mass is 336 g/mol. The van der Waals surface area contributed by atoms with Gasteiger partial charge < -0.3 is 14.5 Å². The van der Waals surface area contributed by atoms with Crippen molar-refractivity contribution in [1.82, 2.24) is 4.90 Å². The van der Waals surface area contributed by atoms with E-state index >= 15 is 0 Å². The van der Waals surface area contributed by atoms with Crippen molar-refractivity contribution in [3.63, 3.8) is 0 Å². The van der Waals surface area contributed by atoms with Gasteiger partial charge >= 0.3 is 6.18 Å². The standard InChI is InChI=1S/C18H19F3N2O/c1-22(2)10-5-11-23-14-6-3-4-7-16(14)24-17-9-8-13(12-15(17)23)18(19,20)21/h3-4,6-9,12H,5,10-11H2,1-2H3. The van der Waals surface area contributed by atoms with Gasteiger partial charge in [-0.25, -0.2) is 0 Å². The lowest BCUT2D eigenvalue weighted by atomic mass is 10.1. The van der Waals surface area contributed by atoms with Crippen molar-refractivity contribution < 1.29 is 17.9 Å². The number of rotatable bonds is 4. The number of hydrogen-bond donors (Lipinski definition) is 0. The van der Waals surface area contributed by atoms with Gasteiger partial charge in [0.05, 0.1) is 16.9 Å². The molecule has 0 atom stereocenters. The summed E-state index contributed by atoms with van der Waals surface area (Å²) in [7, 11) is 3.95. The number of para-hydroxylation sites is 2. The Labute approximate surface area is 139 Å². The molecule has 0 spiro atoms. The van der Waals surface area contributed by atoms with Crippen LogP contribution in [-0.4, -0.2) is 32.1 Å². The largest absolute Gasteiger partial charge is 0.453 e. The summed E-state index contributed by atoms with van der Waals surface area (Å²) >= 11 is 0. The molecule has 0 saturated heterocycles. The molecule has 0 amide bonds. The van der Waals surface area contributed by atoms with Crippen LogP contribution in [0.25, 0.3) is 0 Å².